The largest absolute Gasteiger partial charge is 0.498 e. The molecule has 198 valence electrons. The number of benzene rings is 1. The third-order valence-corrected chi connectivity index (χ3v) is 6.38. The van der Waals surface area contributed by atoms with Crippen molar-refractivity contribution in [3.63, 3.8) is 0 Å². The normalized spacial score (nSPS) is 15.8. The number of allylic oxidation sites excluding steroid dienone is 3. The molecular weight excluding hydrogens is 446 g/mol. The van der Waals surface area contributed by atoms with E-state index < -0.39 is 0 Å². The van der Waals surface area contributed by atoms with E-state index in [1.807, 2.05) is 44.2 Å². The van der Waals surface area contributed by atoms with Crippen LogP contribution in [0.15, 0.2) is 54.3 Å². The van der Waals surface area contributed by atoms with Crippen LogP contribution in [0.2, 0.25) is 0 Å². The summed E-state index contributed by atoms with van der Waals surface area (Å²) in [5.74, 6) is 0.963. The number of ether oxygens (including phenoxy) is 1. The number of nitrogens with one attached hydrogen (secondary N) is 1. The van der Waals surface area contributed by atoms with E-state index in [4.69, 9.17) is 4.74 Å². The summed E-state index contributed by atoms with van der Waals surface area (Å²) in [5.41, 5.74) is 1.79. The lowest BCUT2D eigenvalue weighted by molar-refractivity contribution is 0.0945. The molecule has 0 saturated carbocycles. The molecule has 36 heavy (non-hydrogen) atoms. The fraction of sp³-hybridized carbons (Fsp3) is 0.516. The molecule has 1 aromatic carbocycles. The first-order valence-corrected chi connectivity index (χ1v) is 13.4. The molecule has 1 amide bonds. The van der Waals surface area contributed by atoms with Crippen LogP contribution in [-0.2, 0) is 11.3 Å². The zero-order chi connectivity index (χ0) is 26.8. The number of para-hydroxylation sites is 1. The van der Waals surface area contributed by atoms with Gasteiger partial charge in [-0.1, -0.05) is 50.6 Å². The Morgan fingerprint density at radius 3 is 2.53 bits per heavy atom. The van der Waals surface area contributed by atoms with Crippen LogP contribution >= 0.6 is 0 Å². The van der Waals surface area contributed by atoms with Gasteiger partial charge in [0.05, 0.1) is 12.4 Å². The number of aromatic nitrogens is 1. The van der Waals surface area contributed by atoms with Crippen LogP contribution in [0.3, 0.4) is 0 Å². The second kappa shape index (κ2) is 18.3. The Kier molecular flexibility index (Phi) is 15.8. The van der Waals surface area contributed by atoms with Crippen LogP contribution in [0.25, 0.3) is 10.9 Å². The molecule has 1 saturated heterocycles. The molecular formula is C31H47N3O2. The van der Waals surface area contributed by atoms with Gasteiger partial charge in [0, 0.05) is 36.5 Å². The van der Waals surface area contributed by atoms with E-state index in [0.717, 1.165) is 42.0 Å². The molecule has 2 aromatic rings. The summed E-state index contributed by atoms with van der Waals surface area (Å²) in [6.45, 7) is 15.3. The second-order valence-corrected chi connectivity index (χ2v) is 8.79. The number of hydrogen-bond acceptors (Lipinski definition) is 3. The highest BCUT2D eigenvalue weighted by molar-refractivity contribution is 5.98. The van der Waals surface area contributed by atoms with Gasteiger partial charge in [-0.2, -0.15) is 0 Å². The van der Waals surface area contributed by atoms with Crippen molar-refractivity contribution in [3.8, 4) is 12.8 Å². The van der Waals surface area contributed by atoms with E-state index in [0.29, 0.717) is 25.4 Å². The number of rotatable bonds is 11. The smallest absolute Gasteiger partial charge is 0.267 e. The zero-order valence-electron chi connectivity index (χ0n) is 23.1. The number of carbonyl (C=O) groups is 1. The first-order chi connectivity index (χ1) is 17.5. The van der Waals surface area contributed by atoms with Crippen LogP contribution in [0.4, 0.5) is 0 Å². The molecule has 1 aromatic heterocycles. The second-order valence-electron chi connectivity index (χ2n) is 8.79. The summed E-state index contributed by atoms with van der Waals surface area (Å²) < 4.78 is 7.63. The number of carbonyl (C=O) groups excluding carboxylic acids is 1. The van der Waals surface area contributed by atoms with Gasteiger partial charge in [-0.05, 0) is 71.3 Å². The van der Waals surface area contributed by atoms with Gasteiger partial charge in [-0.25, -0.2) is 0 Å². The van der Waals surface area contributed by atoms with Crippen molar-refractivity contribution in [1.29, 1.82) is 0 Å². The Morgan fingerprint density at radius 2 is 1.94 bits per heavy atom. The van der Waals surface area contributed by atoms with E-state index in [2.05, 4.69) is 66.6 Å². The fourth-order valence-corrected chi connectivity index (χ4v) is 4.35. The number of terminal acetylenes is 1. The van der Waals surface area contributed by atoms with Crippen molar-refractivity contribution < 1.29 is 9.53 Å². The number of hydrogen-bond donors (Lipinski definition) is 1. The monoisotopic (exact) mass is 493 g/mol. The van der Waals surface area contributed by atoms with Gasteiger partial charge in [0.15, 0.2) is 0 Å². The Morgan fingerprint density at radius 1 is 1.19 bits per heavy atom. The summed E-state index contributed by atoms with van der Waals surface area (Å²) in [6, 6.07) is 11.0. The number of unbranched alkanes of at least 4 members (excludes halogenated alkanes) is 1. The summed E-state index contributed by atoms with van der Waals surface area (Å²) in [7, 11) is 0. The minimum atomic E-state index is -0.00786. The van der Waals surface area contributed by atoms with Gasteiger partial charge in [0.2, 0.25) is 0 Å². The lowest BCUT2D eigenvalue weighted by Gasteiger charge is -2.17. The SMILES string of the molecule is C#C.C/C=C(\C/C=C\Cn1c(C(=O)NCCCC)cc2ccccc21)OCC.CCN1CCCC1C. The summed E-state index contributed by atoms with van der Waals surface area (Å²) >= 11 is 0. The number of amides is 1. The molecule has 1 atom stereocenters. The summed E-state index contributed by atoms with van der Waals surface area (Å²) in [4.78, 5) is 15.1. The lowest BCUT2D eigenvalue weighted by atomic mass is 10.2. The van der Waals surface area contributed by atoms with Crippen LogP contribution < -0.4 is 5.32 Å². The molecule has 2 heterocycles. The average Bonchev–Trinajstić information content (AvgIpc) is 3.50. The highest BCUT2D eigenvalue weighted by Gasteiger charge is 2.17. The zero-order valence-corrected chi connectivity index (χ0v) is 23.1. The van der Waals surface area contributed by atoms with Crippen LogP contribution in [0, 0.1) is 12.8 Å². The molecule has 0 radical (unpaired) electrons. The van der Waals surface area contributed by atoms with E-state index >= 15 is 0 Å². The first-order valence-electron chi connectivity index (χ1n) is 13.4. The fourth-order valence-electron chi connectivity index (χ4n) is 4.35. The first kappa shape index (κ1) is 31.1. The molecule has 5 nitrogen and oxygen atoms in total. The summed E-state index contributed by atoms with van der Waals surface area (Å²) in [6.07, 6.45) is 19.8. The standard InChI is InChI=1S/C22H30N2O2.C7H15N.C2H2/c1-4-7-15-23-22(25)21-17-18-12-8-9-14-20(18)24(21)16-11-10-13-19(5-2)26-6-3;1-3-8-6-4-5-7(8)2;1-2/h5,8-12,14,17H,4,6-7,13,15-16H2,1-3H3,(H,23,25);7H,3-6H2,1-2H3;1-2H/b11-10-,19-5+;;. The molecule has 0 aliphatic carbocycles. The van der Waals surface area contributed by atoms with Gasteiger partial charge in [0.25, 0.3) is 5.91 Å². The minimum absolute atomic E-state index is 0.00786. The van der Waals surface area contributed by atoms with Gasteiger partial charge in [0.1, 0.15) is 5.69 Å². The maximum atomic E-state index is 12.6. The Hall–Kier alpha value is -2.97. The molecule has 1 aliphatic rings. The number of likely N-dealkylation sites (tertiary alicyclic amines) is 1. The van der Waals surface area contributed by atoms with E-state index in [1.165, 1.54) is 25.9 Å². The van der Waals surface area contributed by atoms with Crippen molar-refractivity contribution >= 4 is 16.8 Å². The highest BCUT2D eigenvalue weighted by Crippen LogP contribution is 2.20. The Balaban J connectivity index is 0.000000543. The van der Waals surface area contributed by atoms with Crippen molar-refractivity contribution in [2.24, 2.45) is 0 Å². The third kappa shape index (κ3) is 9.95. The molecule has 1 aliphatic heterocycles. The molecule has 1 fully saturated rings. The maximum absolute atomic E-state index is 12.6. The Bertz CT molecular complexity index is 971. The van der Waals surface area contributed by atoms with Crippen molar-refractivity contribution in [3.05, 3.63) is 60.0 Å². The van der Waals surface area contributed by atoms with Gasteiger partial charge in [-0.15, -0.1) is 12.8 Å². The van der Waals surface area contributed by atoms with Crippen LogP contribution in [0.5, 0.6) is 0 Å². The van der Waals surface area contributed by atoms with Gasteiger partial charge < -0.3 is 19.5 Å². The van der Waals surface area contributed by atoms with Crippen molar-refractivity contribution in [2.75, 3.05) is 26.2 Å². The number of fused-ring (bicyclic) bond motifs is 1. The predicted octanol–water partition coefficient (Wildman–Crippen LogP) is 6.80. The van der Waals surface area contributed by atoms with Crippen molar-refractivity contribution in [1.82, 2.24) is 14.8 Å². The molecule has 3 rings (SSSR count). The number of nitrogens with zero attached hydrogens (tertiary/aromatic N) is 2. The van der Waals surface area contributed by atoms with E-state index in [1.54, 1.807) is 0 Å². The molecule has 0 spiro atoms. The van der Waals surface area contributed by atoms with Gasteiger partial charge >= 0.3 is 0 Å². The van der Waals surface area contributed by atoms with E-state index in [9.17, 15) is 4.79 Å². The highest BCUT2D eigenvalue weighted by atomic mass is 16.5. The van der Waals surface area contributed by atoms with Gasteiger partial charge in [-0.3, -0.25) is 4.79 Å². The molecule has 0 bridgehead atoms. The third-order valence-electron chi connectivity index (χ3n) is 6.38. The maximum Gasteiger partial charge on any atom is 0.267 e. The Labute approximate surface area is 219 Å². The van der Waals surface area contributed by atoms with E-state index in [-0.39, 0.29) is 5.91 Å². The van der Waals surface area contributed by atoms with Crippen LogP contribution in [0.1, 0.15) is 77.2 Å². The van der Waals surface area contributed by atoms with Crippen molar-refractivity contribution in [2.45, 2.75) is 79.3 Å². The molecule has 5 heteroatoms. The minimum Gasteiger partial charge on any atom is -0.498 e. The lowest BCUT2D eigenvalue weighted by Crippen LogP contribution is -2.26. The topological polar surface area (TPSA) is 46.5 Å². The quantitative estimate of drug-likeness (QED) is 0.162. The molecule has 1 N–H and O–H groups in total. The predicted molar refractivity (Wildman–Crippen MR) is 154 cm³/mol. The summed E-state index contributed by atoms with van der Waals surface area (Å²) in [5, 5.41) is 4.11. The van der Waals surface area contributed by atoms with Crippen LogP contribution in [-0.4, -0.2) is 47.7 Å². The molecule has 1 unspecified atom stereocenters. The average molecular weight is 494 g/mol.